The maximum atomic E-state index is 6.27. The zero-order valence-corrected chi connectivity index (χ0v) is 13.9. The van der Waals surface area contributed by atoms with Crippen LogP contribution in [0.2, 0.25) is 0 Å². The van der Waals surface area contributed by atoms with E-state index in [-0.39, 0.29) is 6.04 Å². The van der Waals surface area contributed by atoms with Crippen molar-refractivity contribution in [2.75, 3.05) is 20.6 Å². The molecular formula is C17H28N4. The highest BCUT2D eigenvalue weighted by Gasteiger charge is 2.16. The summed E-state index contributed by atoms with van der Waals surface area (Å²) in [4.78, 5) is 7.01. The van der Waals surface area contributed by atoms with Gasteiger partial charge in [0.25, 0.3) is 0 Å². The van der Waals surface area contributed by atoms with Crippen molar-refractivity contribution in [3.63, 3.8) is 0 Å². The van der Waals surface area contributed by atoms with E-state index in [2.05, 4.69) is 62.5 Å². The molecule has 21 heavy (non-hydrogen) atoms. The summed E-state index contributed by atoms with van der Waals surface area (Å²) in [6, 6.07) is 6.61. The van der Waals surface area contributed by atoms with Crippen LogP contribution in [0.5, 0.6) is 0 Å². The molecular weight excluding hydrogens is 260 g/mol. The third kappa shape index (κ3) is 3.44. The Morgan fingerprint density at radius 1 is 1.29 bits per heavy atom. The van der Waals surface area contributed by atoms with Gasteiger partial charge in [-0.15, -0.1) is 0 Å². The lowest BCUT2D eigenvalue weighted by molar-refractivity contribution is 0.380. The van der Waals surface area contributed by atoms with Crippen molar-refractivity contribution in [2.45, 2.75) is 45.7 Å². The Balaban J connectivity index is 2.50. The quantitative estimate of drug-likeness (QED) is 0.888. The van der Waals surface area contributed by atoms with E-state index in [0.29, 0.717) is 5.92 Å². The summed E-state index contributed by atoms with van der Waals surface area (Å²) < 4.78 is 2.29. The first-order valence-corrected chi connectivity index (χ1v) is 7.84. The highest BCUT2D eigenvalue weighted by molar-refractivity contribution is 5.77. The maximum Gasteiger partial charge on any atom is 0.126 e. The van der Waals surface area contributed by atoms with Gasteiger partial charge in [-0.05, 0) is 44.1 Å². The largest absolute Gasteiger partial charge is 0.325 e. The van der Waals surface area contributed by atoms with Gasteiger partial charge in [0.2, 0.25) is 0 Å². The molecule has 0 spiro atoms. The van der Waals surface area contributed by atoms with E-state index in [1.165, 1.54) is 11.1 Å². The lowest BCUT2D eigenvalue weighted by atomic mass is 10.0. The van der Waals surface area contributed by atoms with Gasteiger partial charge in [0.15, 0.2) is 0 Å². The summed E-state index contributed by atoms with van der Waals surface area (Å²) in [6.45, 7) is 8.44. The first-order chi connectivity index (χ1) is 9.93. The number of imidazole rings is 1. The highest BCUT2D eigenvalue weighted by Crippen LogP contribution is 2.25. The second-order valence-electron chi connectivity index (χ2n) is 6.34. The van der Waals surface area contributed by atoms with Crippen LogP contribution in [0.4, 0.5) is 0 Å². The van der Waals surface area contributed by atoms with Gasteiger partial charge in [-0.25, -0.2) is 4.98 Å². The van der Waals surface area contributed by atoms with Crippen LogP contribution in [0.1, 0.15) is 50.5 Å². The van der Waals surface area contributed by atoms with Crippen molar-refractivity contribution >= 4 is 11.0 Å². The van der Waals surface area contributed by atoms with Crippen molar-refractivity contribution in [2.24, 2.45) is 5.73 Å². The smallest absolute Gasteiger partial charge is 0.126 e. The van der Waals surface area contributed by atoms with E-state index in [4.69, 9.17) is 10.7 Å². The fourth-order valence-corrected chi connectivity index (χ4v) is 2.53. The summed E-state index contributed by atoms with van der Waals surface area (Å²) in [7, 11) is 4.19. The highest BCUT2D eigenvalue weighted by atomic mass is 15.1. The molecule has 2 aromatic rings. The number of hydrogen-bond acceptors (Lipinski definition) is 3. The zero-order chi connectivity index (χ0) is 15.6. The minimum atomic E-state index is 0.00191. The predicted octanol–water partition coefficient (Wildman–Crippen LogP) is 3.13. The number of benzene rings is 1. The van der Waals surface area contributed by atoms with Crippen molar-refractivity contribution < 1.29 is 0 Å². The van der Waals surface area contributed by atoms with Crippen LogP contribution in [-0.4, -0.2) is 35.1 Å². The normalized spacial score (nSPS) is 13.5. The Kier molecular flexibility index (Phi) is 5.01. The number of likely N-dealkylation sites (N-methyl/N-ethyl adjacent to an activating group) is 1. The monoisotopic (exact) mass is 288 g/mol. The molecule has 0 saturated carbocycles. The van der Waals surface area contributed by atoms with Crippen LogP contribution in [0.15, 0.2) is 18.2 Å². The number of rotatable bonds is 6. The summed E-state index contributed by atoms with van der Waals surface area (Å²) in [6.07, 6.45) is 0.905. The number of nitrogens with zero attached hydrogens (tertiary/aromatic N) is 3. The lowest BCUT2D eigenvalue weighted by Crippen LogP contribution is -2.22. The van der Waals surface area contributed by atoms with Crippen LogP contribution in [-0.2, 0) is 6.54 Å². The zero-order valence-electron chi connectivity index (χ0n) is 13.9. The van der Waals surface area contributed by atoms with E-state index in [1.54, 1.807) is 0 Å². The lowest BCUT2D eigenvalue weighted by Gasteiger charge is -2.16. The van der Waals surface area contributed by atoms with Gasteiger partial charge in [-0.3, -0.25) is 0 Å². The first-order valence-electron chi connectivity index (χ1n) is 7.84. The van der Waals surface area contributed by atoms with E-state index in [9.17, 15) is 0 Å². The molecule has 116 valence electrons. The molecule has 0 bridgehead atoms. The van der Waals surface area contributed by atoms with Gasteiger partial charge >= 0.3 is 0 Å². The van der Waals surface area contributed by atoms with E-state index < -0.39 is 0 Å². The second-order valence-corrected chi connectivity index (χ2v) is 6.34. The summed E-state index contributed by atoms with van der Waals surface area (Å²) >= 11 is 0. The number of fused-ring (bicyclic) bond motifs is 1. The molecule has 2 N–H and O–H groups in total. The summed E-state index contributed by atoms with van der Waals surface area (Å²) in [5.74, 6) is 1.53. The molecule has 1 unspecified atom stereocenters. The summed E-state index contributed by atoms with van der Waals surface area (Å²) in [5.41, 5.74) is 9.86. The SMILES string of the molecule is CCC(N)c1nc2cc(C(C)C)ccc2n1CCN(C)C. The van der Waals surface area contributed by atoms with Crippen LogP contribution < -0.4 is 5.73 Å². The fourth-order valence-electron chi connectivity index (χ4n) is 2.53. The van der Waals surface area contributed by atoms with Gasteiger partial charge in [-0.2, -0.15) is 0 Å². The van der Waals surface area contributed by atoms with Crippen molar-refractivity contribution in [3.05, 3.63) is 29.6 Å². The van der Waals surface area contributed by atoms with Gasteiger partial charge in [0.05, 0.1) is 17.1 Å². The van der Waals surface area contributed by atoms with Crippen LogP contribution in [0.3, 0.4) is 0 Å². The second kappa shape index (κ2) is 6.58. The maximum absolute atomic E-state index is 6.27. The van der Waals surface area contributed by atoms with Crippen LogP contribution >= 0.6 is 0 Å². The molecule has 0 radical (unpaired) electrons. The molecule has 1 heterocycles. The molecule has 1 aromatic heterocycles. The van der Waals surface area contributed by atoms with Crippen LogP contribution in [0.25, 0.3) is 11.0 Å². The van der Waals surface area contributed by atoms with Crippen molar-refractivity contribution in [1.82, 2.24) is 14.5 Å². The number of hydrogen-bond donors (Lipinski definition) is 1. The molecule has 0 saturated heterocycles. The average Bonchev–Trinajstić information content (AvgIpc) is 2.81. The Morgan fingerprint density at radius 2 is 2.00 bits per heavy atom. The van der Waals surface area contributed by atoms with Crippen molar-refractivity contribution in [3.8, 4) is 0 Å². The molecule has 0 aliphatic heterocycles. The topological polar surface area (TPSA) is 47.1 Å². The van der Waals surface area contributed by atoms with Gasteiger partial charge < -0.3 is 15.2 Å². The van der Waals surface area contributed by atoms with Gasteiger partial charge in [0, 0.05) is 13.1 Å². The first kappa shape index (κ1) is 16.0. The van der Waals surface area contributed by atoms with Gasteiger partial charge in [-0.1, -0.05) is 26.8 Å². The third-order valence-corrected chi connectivity index (χ3v) is 4.01. The molecule has 2 rings (SSSR count). The van der Waals surface area contributed by atoms with E-state index in [0.717, 1.165) is 30.9 Å². The molecule has 4 nitrogen and oxygen atoms in total. The minimum absolute atomic E-state index is 0.00191. The predicted molar refractivity (Wildman–Crippen MR) is 89.6 cm³/mol. The van der Waals surface area contributed by atoms with E-state index >= 15 is 0 Å². The van der Waals surface area contributed by atoms with E-state index in [1.807, 2.05) is 0 Å². The molecule has 1 atom stereocenters. The third-order valence-electron chi connectivity index (χ3n) is 4.01. The molecule has 0 aliphatic rings. The Bertz CT molecular complexity index is 598. The van der Waals surface area contributed by atoms with Crippen molar-refractivity contribution in [1.29, 1.82) is 0 Å². The molecule has 0 fully saturated rings. The average molecular weight is 288 g/mol. The van der Waals surface area contributed by atoms with Crippen LogP contribution in [0, 0.1) is 0 Å². The Morgan fingerprint density at radius 3 is 2.57 bits per heavy atom. The molecule has 1 aromatic carbocycles. The van der Waals surface area contributed by atoms with Gasteiger partial charge in [0.1, 0.15) is 5.82 Å². The Hall–Kier alpha value is -1.39. The fraction of sp³-hybridized carbons (Fsp3) is 0.588. The summed E-state index contributed by atoms with van der Waals surface area (Å²) in [5, 5.41) is 0. The minimum Gasteiger partial charge on any atom is -0.325 e. The molecule has 0 amide bonds. The number of aromatic nitrogens is 2. The molecule has 4 heteroatoms. The standard InChI is InChI=1S/C17H28N4/c1-6-14(18)17-19-15-11-13(12(2)3)7-8-16(15)21(17)10-9-20(4)5/h7-8,11-12,14H,6,9-10,18H2,1-5H3. The molecule has 0 aliphatic carbocycles. The number of nitrogens with two attached hydrogens (primary N) is 1. The Labute approximate surface area is 128 Å².